The summed E-state index contributed by atoms with van der Waals surface area (Å²) in [6, 6.07) is 8.68. The van der Waals surface area contributed by atoms with Gasteiger partial charge in [0, 0.05) is 5.39 Å². The van der Waals surface area contributed by atoms with Gasteiger partial charge in [-0.2, -0.15) is 18.3 Å². The number of hydrogen-bond acceptors (Lipinski definition) is 5. The monoisotopic (exact) mass is 461 g/mol. The van der Waals surface area contributed by atoms with E-state index in [1.54, 1.807) is 0 Å². The maximum absolute atomic E-state index is 14.6. The molecule has 0 radical (unpaired) electrons. The lowest BCUT2D eigenvalue weighted by atomic mass is 10.0. The lowest BCUT2D eigenvalue weighted by molar-refractivity contribution is -0.142. The highest BCUT2D eigenvalue weighted by molar-refractivity contribution is 6.15. The Balaban J connectivity index is 1.89. The van der Waals surface area contributed by atoms with Crippen molar-refractivity contribution in [2.45, 2.75) is 6.18 Å². The number of fused-ring (bicyclic) bond motifs is 3. The molecule has 0 saturated carbocycles. The fourth-order valence-corrected chi connectivity index (χ4v) is 3.85. The summed E-state index contributed by atoms with van der Waals surface area (Å²) in [5.41, 5.74) is -2.53. The van der Waals surface area contributed by atoms with Crippen LogP contribution in [0.1, 0.15) is 5.69 Å². The molecule has 0 aliphatic carbocycles. The standard InChI is InChI=1S/C22H12F5N3O3/c1-32-20-16-17(15-10(18(20)31)5-4-7-13(15)24)29-33-19(16)11-9-28-30(21(11)22(25,26)27)14-8-3-2-6-12(14)23/h2-9,31H,1H3. The van der Waals surface area contributed by atoms with Crippen molar-refractivity contribution in [3.8, 4) is 28.5 Å². The van der Waals surface area contributed by atoms with E-state index in [-0.39, 0.29) is 27.4 Å². The molecule has 0 fully saturated rings. The zero-order chi connectivity index (χ0) is 23.5. The third-order valence-corrected chi connectivity index (χ3v) is 5.21. The van der Waals surface area contributed by atoms with Crippen LogP contribution in [0.5, 0.6) is 11.5 Å². The van der Waals surface area contributed by atoms with Gasteiger partial charge >= 0.3 is 6.18 Å². The van der Waals surface area contributed by atoms with Gasteiger partial charge in [-0.05, 0) is 18.2 Å². The highest BCUT2D eigenvalue weighted by Crippen LogP contribution is 2.49. The van der Waals surface area contributed by atoms with E-state index in [1.165, 1.54) is 31.4 Å². The Kier molecular flexibility index (Phi) is 4.52. The minimum Gasteiger partial charge on any atom is -0.504 e. The highest BCUT2D eigenvalue weighted by atomic mass is 19.4. The highest BCUT2D eigenvalue weighted by Gasteiger charge is 2.41. The molecular formula is C22H12F5N3O3. The second-order valence-corrected chi connectivity index (χ2v) is 7.05. The largest absolute Gasteiger partial charge is 0.504 e. The minimum absolute atomic E-state index is 0.0392. The second-order valence-electron chi connectivity index (χ2n) is 7.05. The molecule has 11 heteroatoms. The molecule has 33 heavy (non-hydrogen) atoms. The number of methoxy groups -OCH3 is 1. The topological polar surface area (TPSA) is 73.3 Å². The first-order valence-electron chi connectivity index (χ1n) is 9.41. The quantitative estimate of drug-likeness (QED) is 0.342. The summed E-state index contributed by atoms with van der Waals surface area (Å²) >= 11 is 0. The molecule has 0 bridgehead atoms. The maximum Gasteiger partial charge on any atom is 0.434 e. The average molecular weight is 461 g/mol. The van der Waals surface area contributed by atoms with Crippen molar-refractivity contribution in [2.75, 3.05) is 7.11 Å². The summed E-state index contributed by atoms with van der Waals surface area (Å²) in [7, 11) is 1.18. The number of phenols is 1. The Hall–Kier alpha value is -4.15. The van der Waals surface area contributed by atoms with Crippen LogP contribution in [0.15, 0.2) is 53.2 Å². The summed E-state index contributed by atoms with van der Waals surface area (Å²) in [6.07, 6.45) is -4.16. The van der Waals surface area contributed by atoms with Crippen LogP contribution in [0.4, 0.5) is 22.0 Å². The normalized spacial score (nSPS) is 12.1. The minimum atomic E-state index is -5.00. The van der Waals surface area contributed by atoms with Crippen LogP contribution >= 0.6 is 0 Å². The lowest BCUT2D eigenvalue weighted by Crippen LogP contribution is -2.15. The van der Waals surface area contributed by atoms with Crippen molar-refractivity contribution in [1.29, 1.82) is 0 Å². The van der Waals surface area contributed by atoms with Gasteiger partial charge < -0.3 is 14.4 Å². The van der Waals surface area contributed by atoms with Crippen molar-refractivity contribution in [1.82, 2.24) is 14.9 Å². The van der Waals surface area contributed by atoms with Crippen LogP contribution in [-0.2, 0) is 6.18 Å². The van der Waals surface area contributed by atoms with E-state index in [2.05, 4.69) is 10.3 Å². The Labute approximate surface area is 181 Å². The number of benzene rings is 3. The van der Waals surface area contributed by atoms with Crippen molar-refractivity contribution < 1.29 is 36.3 Å². The first-order valence-corrected chi connectivity index (χ1v) is 9.41. The number of ether oxygens (including phenoxy) is 1. The van der Waals surface area contributed by atoms with Gasteiger partial charge in [0.25, 0.3) is 0 Å². The molecule has 0 aliphatic heterocycles. The van der Waals surface area contributed by atoms with E-state index in [0.29, 0.717) is 4.68 Å². The van der Waals surface area contributed by atoms with Crippen molar-refractivity contribution in [2.24, 2.45) is 0 Å². The number of para-hydroxylation sites is 1. The molecule has 168 valence electrons. The lowest BCUT2D eigenvalue weighted by Gasteiger charge is -2.13. The first kappa shape index (κ1) is 20.7. The smallest absolute Gasteiger partial charge is 0.434 e. The van der Waals surface area contributed by atoms with Gasteiger partial charge in [0.2, 0.25) is 0 Å². The van der Waals surface area contributed by atoms with Crippen LogP contribution in [-0.4, -0.2) is 27.2 Å². The average Bonchev–Trinajstić information content (AvgIpc) is 3.39. The molecule has 0 amide bonds. The van der Waals surface area contributed by atoms with Gasteiger partial charge in [-0.15, -0.1) is 0 Å². The van der Waals surface area contributed by atoms with Gasteiger partial charge in [0.1, 0.15) is 22.8 Å². The molecule has 5 aromatic rings. The van der Waals surface area contributed by atoms with Crippen LogP contribution < -0.4 is 4.74 Å². The first-order chi connectivity index (χ1) is 15.7. The van der Waals surface area contributed by atoms with E-state index in [9.17, 15) is 27.1 Å². The van der Waals surface area contributed by atoms with Crippen molar-refractivity contribution in [3.05, 3.63) is 66.0 Å². The molecule has 2 heterocycles. The number of nitrogens with zero attached hydrogens (tertiary/aromatic N) is 3. The third-order valence-electron chi connectivity index (χ3n) is 5.21. The molecule has 2 aromatic heterocycles. The van der Waals surface area contributed by atoms with Gasteiger partial charge in [0.15, 0.2) is 23.0 Å². The molecular weight excluding hydrogens is 449 g/mol. The number of hydrogen-bond donors (Lipinski definition) is 1. The van der Waals surface area contributed by atoms with Crippen LogP contribution in [0.3, 0.4) is 0 Å². The van der Waals surface area contributed by atoms with E-state index in [0.717, 1.165) is 24.4 Å². The summed E-state index contributed by atoms with van der Waals surface area (Å²) in [5, 5.41) is 17.8. The van der Waals surface area contributed by atoms with Gasteiger partial charge in [-0.3, -0.25) is 0 Å². The summed E-state index contributed by atoms with van der Waals surface area (Å²) < 4.78 is 82.2. The van der Waals surface area contributed by atoms with Crippen LogP contribution in [0.25, 0.3) is 38.7 Å². The van der Waals surface area contributed by atoms with Crippen LogP contribution in [0.2, 0.25) is 0 Å². The molecule has 0 spiro atoms. The number of halogens is 5. The van der Waals surface area contributed by atoms with Gasteiger partial charge in [-0.25, -0.2) is 13.5 Å². The Morgan fingerprint density at radius 3 is 2.42 bits per heavy atom. The molecule has 0 unspecified atom stereocenters. The van der Waals surface area contributed by atoms with Crippen LogP contribution in [0, 0.1) is 11.6 Å². The van der Waals surface area contributed by atoms with Gasteiger partial charge in [0.05, 0.1) is 29.6 Å². The predicted molar refractivity (Wildman–Crippen MR) is 107 cm³/mol. The molecule has 5 rings (SSSR count). The SMILES string of the molecule is COc1c(O)c2cccc(F)c2c2noc(-c3cnn(-c4ccccc4F)c3C(F)(F)F)c12. The molecule has 0 aliphatic rings. The maximum atomic E-state index is 14.6. The van der Waals surface area contributed by atoms with E-state index >= 15 is 0 Å². The van der Waals surface area contributed by atoms with Gasteiger partial charge in [-0.1, -0.05) is 29.4 Å². The zero-order valence-electron chi connectivity index (χ0n) is 16.6. The molecule has 0 atom stereocenters. The number of aromatic hydroxyl groups is 1. The third kappa shape index (κ3) is 2.99. The predicted octanol–water partition coefficient (Wildman–Crippen LogP) is 5.84. The second kappa shape index (κ2) is 7.19. The number of phenolic OH excluding ortho intramolecular Hbond substituents is 1. The summed E-state index contributed by atoms with van der Waals surface area (Å²) in [4.78, 5) is 0. The van der Waals surface area contributed by atoms with E-state index < -0.39 is 46.3 Å². The number of alkyl halides is 3. The fraction of sp³-hybridized carbons (Fsp3) is 0.0909. The van der Waals surface area contributed by atoms with E-state index in [4.69, 9.17) is 9.26 Å². The zero-order valence-corrected chi connectivity index (χ0v) is 16.6. The Morgan fingerprint density at radius 1 is 1.00 bits per heavy atom. The Bertz CT molecular complexity index is 1540. The van der Waals surface area contributed by atoms with Crippen molar-refractivity contribution in [3.63, 3.8) is 0 Å². The fourth-order valence-electron chi connectivity index (χ4n) is 3.85. The summed E-state index contributed by atoms with van der Waals surface area (Å²) in [6.45, 7) is 0. The number of aromatic nitrogens is 3. The molecule has 3 aromatic carbocycles. The van der Waals surface area contributed by atoms with E-state index in [1.807, 2.05) is 0 Å². The molecule has 1 N–H and O–H groups in total. The molecule has 0 saturated heterocycles. The van der Waals surface area contributed by atoms with Crippen molar-refractivity contribution >= 4 is 21.7 Å². The summed E-state index contributed by atoms with van der Waals surface area (Å²) in [5.74, 6) is -2.93. The number of rotatable bonds is 3. The molecule has 6 nitrogen and oxygen atoms in total. The Morgan fingerprint density at radius 2 is 1.73 bits per heavy atom.